The molecule has 16 N–H and O–H groups in total. The maximum Gasteiger partial charge on any atom is 0.253 e. The minimum absolute atomic E-state index is 0.00775. The predicted molar refractivity (Wildman–Crippen MR) is 253 cm³/mol. The van der Waals surface area contributed by atoms with Crippen LogP contribution < -0.4 is 31.9 Å². The number of carbonyl (C=O) groups excluding carboxylic acids is 6. The van der Waals surface area contributed by atoms with Crippen molar-refractivity contribution in [3.63, 3.8) is 0 Å². The molecule has 0 fully saturated rings. The number of nitrogens with two attached hydrogens (primary N) is 2. The SMILES string of the molecule is Cc1c(C(N)=O)c(I)c(N(CC(O)CO)C(=O)C(CC(O)CO)C(=O)N(CC(O)CO)c2c(C)c(C(N)=O)c(I)c(C(=O)NCC(O)CO)c2I)c(I)c1C(=O)NCC(O)CO. The maximum absolute atomic E-state index is 15.1. The van der Waals surface area contributed by atoms with Gasteiger partial charge in [-0.1, -0.05) is 0 Å². The van der Waals surface area contributed by atoms with Gasteiger partial charge in [-0.3, -0.25) is 28.8 Å². The number of halogens is 4. The fraction of sp³-hybridized carbons (Fsp3) is 0.500. The highest BCUT2D eigenvalue weighted by Gasteiger charge is 2.42. The van der Waals surface area contributed by atoms with Crippen molar-refractivity contribution in [1.29, 1.82) is 0 Å². The van der Waals surface area contributed by atoms with E-state index in [0.29, 0.717) is 0 Å². The van der Waals surface area contributed by atoms with Gasteiger partial charge in [0.25, 0.3) is 11.8 Å². The van der Waals surface area contributed by atoms with Crippen LogP contribution in [0, 0.1) is 34.0 Å². The van der Waals surface area contributed by atoms with Gasteiger partial charge in [-0.25, -0.2) is 0 Å². The predicted octanol–water partition coefficient (Wildman–Crippen LogP) is -3.48. The Bertz CT molecular complexity index is 1880. The molecule has 22 nitrogen and oxygen atoms in total. The highest BCUT2D eigenvalue weighted by atomic mass is 127. The number of hydrogen-bond acceptors (Lipinski definition) is 16. The van der Waals surface area contributed by atoms with Crippen molar-refractivity contribution in [2.24, 2.45) is 17.4 Å². The Morgan fingerprint density at radius 1 is 0.516 bits per heavy atom. The van der Waals surface area contributed by atoms with Crippen LogP contribution in [0.2, 0.25) is 0 Å². The molecule has 0 aliphatic heterocycles. The Morgan fingerprint density at radius 2 is 0.871 bits per heavy atom. The summed E-state index contributed by atoms with van der Waals surface area (Å²) >= 11 is 6.62. The Balaban J connectivity index is 3.15. The molecule has 62 heavy (non-hydrogen) atoms. The molecule has 0 saturated carbocycles. The first-order valence-electron chi connectivity index (χ1n) is 18.2. The van der Waals surface area contributed by atoms with E-state index in [0.717, 1.165) is 9.80 Å². The van der Waals surface area contributed by atoms with Crippen LogP contribution in [-0.4, -0.2) is 176 Å². The minimum Gasteiger partial charge on any atom is -0.394 e. The molecule has 26 heteroatoms. The molecule has 6 atom stereocenters. The first kappa shape index (κ1) is 55.9. The van der Waals surface area contributed by atoms with Crippen LogP contribution >= 0.6 is 90.4 Å². The molecule has 6 unspecified atom stereocenters. The molecule has 0 radical (unpaired) electrons. The molecule has 0 saturated heterocycles. The lowest BCUT2D eigenvalue weighted by Gasteiger charge is -2.35. The van der Waals surface area contributed by atoms with Gasteiger partial charge in [-0.2, -0.15) is 0 Å². The van der Waals surface area contributed by atoms with E-state index in [2.05, 4.69) is 10.6 Å². The van der Waals surface area contributed by atoms with Gasteiger partial charge in [0.15, 0.2) is 0 Å². The van der Waals surface area contributed by atoms with Crippen molar-refractivity contribution in [2.75, 3.05) is 69.0 Å². The van der Waals surface area contributed by atoms with E-state index in [1.54, 1.807) is 90.4 Å². The normalized spacial score (nSPS) is 14.3. The summed E-state index contributed by atoms with van der Waals surface area (Å²) in [5, 5.41) is 105. The second-order valence-electron chi connectivity index (χ2n) is 13.7. The highest BCUT2D eigenvalue weighted by molar-refractivity contribution is 14.1. The van der Waals surface area contributed by atoms with Crippen LogP contribution in [0.4, 0.5) is 11.4 Å². The van der Waals surface area contributed by atoms with E-state index in [9.17, 15) is 70.2 Å². The number of aliphatic hydroxyl groups is 10. The molecule has 2 aromatic carbocycles. The second kappa shape index (κ2) is 25.5. The van der Waals surface area contributed by atoms with Gasteiger partial charge in [0.2, 0.25) is 23.6 Å². The summed E-state index contributed by atoms with van der Waals surface area (Å²) in [5.74, 6) is -8.74. The zero-order chi connectivity index (χ0) is 47.5. The lowest BCUT2D eigenvalue weighted by molar-refractivity contribution is -0.134. The average molecular weight is 1330 g/mol. The third-order valence-corrected chi connectivity index (χ3v) is 13.4. The Labute approximate surface area is 409 Å². The van der Waals surface area contributed by atoms with Crippen molar-refractivity contribution >= 4 is 137 Å². The molecule has 346 valence electrons. The first-order chi connectivity index (χ1) is 29.0. The summed E-state index contributed by atoms with van der Waals surface area (Å²) in [5.41, 5.74) is 9.75. The fourth-order valence-corrected chi connectivity index (χ4v) is 11.9. The number of hydrogen-bond donors (Lipinski definition) is 14. The van der Waals surface area contributed by atoms with Crippen LogP contribution in [-0.2, 0) is 9.59 Å². The van der Waals surface area contributed by atoms with Crippen LogP contribution in [0.5, 0.6) is 0 Å². The number of nitrogens with one attached hydrogen (secondary N) is 2. The third-order valence-electron chi connectivity index (χ3n) is 9.16. The van der Waals surface area contributed by atoms with Gasteiger partial charge >= 0.3 is 0 Å². The van der Waals surface area contributed by atoms with Crippen LogP contribution in [0.1, 0.15) is 59.0 Å². The van der Waals surface area contributed by atoms with Gasteiger partial charge < -0.3 is 83.0 Å². The molecule has 2 aromatic rings. The highest BCUT2D eigenvalue weighted by Crippen LogP contribution is 2.40. The second-order valence-corrected chi connectivity index (χ2v) is 18.0. The lowest BCUT2D eigenvalue weighted by Crippen LogP contribution is -2.52. The molecular weight excluding hydrogens is 1280 g/mol. The molecule has 0 aromatic heterocycles. The van der Waals surface area contributed by atoms with E-state index in [4.69, 9.17) is 11.5 Å². The summed E-state index contributed by atoms with van der Waals surface area (Å²) in [6.45, 7) is -4.32. The topological polar surface area (TPSA) is 387 Å². The number of anilines is 2. The first-order valence-corrected chi connectivity index (χ1v) is 22.5. The summed E-state index contributed by atoms with van der Waals surface area (Å²) in [6, 6.07) is 0. The summed E-state index contributed by atoms with van der Waals surface area (Å²) in [4.78, 5) is 85.0. The minimum atomic E-state index is -2.15. The zero-order valence-corrected chi connectivity index (χ0v) is 41.6. The van der Waals surface area contributed by atoms with Crippen molar-refractivity contribution in [2.45, 2.75) is 50.8 Å². The molecule has 0 heterocycles. The molecule has 0 aliphatic rings. The number of benzene rings is 2. The Morgan fingerprint density at radius 3 is 1.27 bits per heavy atom. The monoisotopic (exact) mass is 1330 g/mol. The number of rotatable bonds is 23. The fourth-order valence-electron chi connectivity index (χ4n) is 6.06. The van der Waals surface area contributed by atoms with Crippen molar-refractivity contribution in [3.8, 4) is 0 Å². The summed E-state index contributed by atoms with van der Waals surface area (Å²) in [6.07, 6.45) is -9.04. The van der Waals surface area contributed by atoms with Gasteiger partial charge in [-0.05, 0) is 122 Å². The zero-order valence-electron chi connectivity index (χ0n) is 33.0. The number of amides is 6. The van der Waals surface area contributed by atoms with Gasteiger partial charge in [0.1, 0.15) is 5.92 Å². The van der Waals surface area contributed by atoms with Crippen molar-refractivity contribution in [3.05, 3.63) is 47.7 Å². The number of primary amides is 2. The van der Waals surface area contributed by atoms with Crippen LogP contribution in [0.25, 0.3) is 0 Å². The number of nitrogens with zero attached hydrogens (tertiary/aromatic N) is 2. The summed E-state index contributed by atoms with van der Waals surface area (Å²) in [7, 11) is 0. The van der Waals surface area contributed by atoms with Crippen molar-refractivity contribution < 1.29 is 79.8 Å². The van der Waals surface area contributed by atoms with Crippen molar-refractivity contribution in [1.82, 2.24) is 10.6 Å². The lowest BCUT2D eigenvalue weighted by atomic mass is 9.94. The quantitative estimate of drug-likeness (QED) is 0.0380. The maximum atomic E-state index is 15.1. The van der Waals surface area contributed by atoms with Crippen LogP contribution in [0.15, 0.2) is 0 Å². The number of carbonyl (C=O) groups is 6. The van der Waals surface area contributed by atoms with E-state index in [1.807, 2.05) is 0 Å². The van der Waals surface area contributed by atoms with Gasteiger partial charge in [0, 0.05) is 16.7 Å². The van der Waals surface area contributed by atoms with E-state index >= 15 is 9.59 Å². The van der Waals surface area contributed by atoms with E-state index in [-0.39, 0.29) is 59.0 Å². The molecular formula is C36H48I4N6O16. The molecule has 0 aliphatic carbocycles. The summed E-state index contributed by atoms with van der Waals surface area (Å²) < 4.78 is -0.262. The van der Waals surface area contributed by atoms with E-state index < -0.39 is 138 Å². The Hall–Kier alpha value is -2.22. The molecule has 2 rings (SSSR count). The van der Waals surface area contributed by atoms with E-state index in [1.165, 1.54) is 13.8 Å². The third kappa shape index (κ3) is 13.4. The Kier molecular flexibility index (Phi) is 23.0. The number of aliphatic hydroxyl groups excluding tert-OH is 10. The molecule has 0 bridgehead atoms. The van der Waals surface area contributed by atoms with Gasteiger partial charge in [0.05, 0.1) is 121 Å². The standard InChI is InChI=1S/C36H48I4N6O16/c1-13-21(31(41)57)26(38)30(27(39)23(13)33(59)43-4-16(53)9-48)46(7-19(56)12-51)36(62)20(3-15(52)8-47)35(61)45(6-18(55)11-50)29-14(2)22(32(42)58)25(37)24(28(29)40)34(60)44-5-17(54)10-49/h15-20,47-56H,3-12H2,1-2H3,(H2,41,57)(H2,42,58)(H,43,59)(H,44,60). The van der Waals surface area contributed by atoms with Crippen LogP contribution in [0.3, 0.4) is 0 Å². The largest absolute Gasteiger partial charge is 0.394 e. The van der Waals surface area contributed by atoms with Gasteiger partial charge in [-0.15, -0.1) is 0 Å². The molecule has 0 spiro atoms. The smallest absolute Gasteiger partial charge is 0.253 e. The average Bonchev–Trinajstić information content (AvgIpc) is 3.21. The molecule has 6 amide bonds.